The summed E-state index contributed by atoms with van der Waals surface area (Å²) in [5, 5.41) is 0.691. The van der Waals surface area contributed by atoms with E-state index in [1.54, 1.807) is 4.90 Å². The van der Waals surface area contributed by atoms with E-state index in [4.69, 9.17) is 21.1 Å². The molecule has 0 amide bonds. The molecule has 0 bridgehead atoms. The van der Waals surface area contributed by atoms with Gasteiger partial charge in [-0.2, -0.15) is 0 Å². The van der Waals surface area contributed by atoms with Crippen LogP contribution in [0, 0.1) is 0 Å². The maximum atomic E-state index is 6.02. The number of quaternary nitrogens is 1. The van der Waals surface area contributed by atoms with Crippen molar-refractivity contribution < 1.29 is 14.4 Å². The van der Waals surface area contributed by atoms with E-state index in [1.165, 1.54) is 13.0 Å². The third-order valence-electron chi connectivity index (χ3n) is 3.22. The molecule has 0 unspecified atom stereocenters. The minimum atomic E-state index is 0.691. The lowest BCUT2D eigenvalue weighted by molar-refractivity contribution is -0.908. The molecule has 0 saturated carbocycles. The standard InChI is InChI=1S/C14H20ClNO2/c15-13-5-1-2-6-14(13)18-10-4-3-7-16-8-11-17-12-9-16/h1-2,5-6H,3-4,7-12H2/p+1. The number of para-hydroxylation sites is 1. The van der Waals surface area contributed by atoms with Gasteiger partial charge in [0.25, 0.3) is 0 Å². The SMILES string of the molecule is Clc1ccccc1OCCCC[NH+]1CCOCC1. The van der Waals surface area contributed by atoms with Crippen LogP contribution in [0.4, 0.5) is 0 Å². The van der Waals surface area contributed by atoms with Gasteiger partial charge in [-0.1, -0.05) is 23.7 Å². The van der Waals surface area contributed by atoms with Gasteiger partial charge in [-0.05, 0) is 25.0 Å². The van der Waals surface area contributed by atoms with Crippen LogP contribution in [0.5, 0.6) is 5.75 Å². The summed E-state index contributed by atoms with van der Waals surface area (Å²) in [6.07, 6.45) is 2.27. The van der Waals surface area contributed by atoms with Gasteiger partial charge in [-0.3, -0.25) is 0 Å². The lowest BCUT2D eigenvalue weighted by Crippen LogP contribution is -3.14. The zero-order chi connectivity index (χ0) is 12.6. The number of hydrogen-bond donors (Lipinski definition) is 1. The van der Waals surface area contributed by atoms with Gasteiger partial charge in [0.05, 0.1) is 31.4 Å². The first-order valence-corrected chi connectivity index (χ1v) is 7.03. The van der Waals surface area contributed by atoms with E-state index < -0.39 is 0 Å². The summed E-state index contributed by atoms with van der Waals surface area (Å²) >= 11 is 6.02. The van der Waals surface area contributed by atoms with E-state index in [1.807, 2.05) is 24.3 Å². The zero-order valence-electron chi connectivity index (χ0n) is 10.7. The second-order valence-corrected chi connectivity index (χ2v) is 5.01. The van der Waals surface area contributed by atoms with Crippen molar-refractivity contribution >= 4 is 11.6 Å². The second kappa shape index (κ2) is 7.62. The predicted octanol–water partition coefficient (Wildman–Crippen LogP) is 1.41. The molecule has 3 nitrogen and oxygen atoms in total. The third-order valence-corrected chi connectivity index (χ3v) is 3.53. The summed E-state index contributed by atoms with van der Waals surface area (Å²) in [5.74, 6) is 0.790. The fraction of sp³-hybridized carbons (Fsp3) is 0.571. The highest BCUT2D eigenvalue weighted by atomic mass is 35.5. The second-order valence-electron chi connectivity index (χ2n) is 4.60. The molecular formula is C14H21ClNO2+. The summed E-state index contributed by atoms with van der Waals surface area (Å²) in [5.41, 5.74) is 0. The van der Waals surface area contributed by atoms with E-state index in [0.29, 0.717) is 5.02 Å². The monoisotopic (exact) mass is 270 g/mol. The smallest absolute Gasteiger partial charge is 0.137 e. The van der Waals surface area contributed by atoms with Crippen LogP contribution in [-0.4, -0.2) is 39.5 Å². The molecule has 18 heavy (non-hydrogen) atoms. The van der Waals surface area contributed by atoms with Gasteiger partial charge in [0.1, 0.15) is 18.8 Å². The van der Waals surface area contributed by atoms with Crippen LogP contribution in [0.2, 0.25) is 5.02 Å². The van der Waals surface area contributed by atoms with Crippen LogP contribution in [-0.2, 0) is 4.74 Å². The number of rotatable bonds is 6. The molecule has 1 N–H and O–H groups in total. The summed E-state index contributed by atoms with van der Waals surface area (Å²) in [4.78, 5) is 1.65. The number of unbranched alkanes of at least 4 members (excludes halogenated alkanes) is 1. The Bertz CT molecular complexity index is 353. The van der Waals surface area contributed by atoms with Crippen LogP contribution in [0.1, 0.15) is 12.8 Å². The van der Waals surface area contributed by atoms with Crippen molar-refractivity contribution in [1.82, 2.24) is 0 Å². The molecule has 1 aromatic rings. The molecular weight excluding hydrogens is 250 g/mol. The van der Waals surface area contributed by atoms with Gasteiger partial charge >= 0.3 is 0 Å². The molecule has 1 aliphatic heterocycles. The molecule has 0 aliphatic carbocycles. The van der Waals surface area contributed by atoms with Crippen LogP contribution >= 0.6 is 11.6 Å². The average Bonchev–Trinajstić information content (AvgIpc) is 2.42. The van der Waals surface area contributed by atoms with Crippen molar-refractivity contribution in [1.29, 1.82) is 0 Å². The Morgan fingerprint density at radius 3 is 2.72 bits per heavy atom. The van der Waals surface area contributed by atoms with Crippen molar-refractivity contribution in [2.75, 3.05) is 39.5 Å². The van der Waals surface area contributed by atoms with Gasteiger partial charge < -0.3 is 14.4 Å². The maximum absolute atomic E-state index is 6.02. The molecule has 1 aliphatic rings. The van der Waals surface area contributed by atoms with E-state index in [2.05, 4.69) is 0 Å². The summed E-state index contributed by atoms with van der Waals surface area (Å²) < 4.78 is 11.0. The highest BCUT2D eigenvalue weighted by Crippen LogP contribution is 2.23. The maximum Gasteiger partial charge on any atom is 0.137 e. The zero-order valence-corrected chi connectivity index (χ0v) is 11.4. The average molecular weight is 271 g/mol. The van der Waals surface area contributed by atoms with Crippen LogP contribution in [0.15, 0.2) is 24.3 Å². The minimum Gasteiger partial charge on any atom is -0.492 e. The first-order valence-electron chi connectivity index (χ1n) is 6.65. The Kier molecular flexibility index (Phi) is 5.78. The van der Waals surface area contributed by atoms with Crippen molar-refractivity contribution in [2.45, 2.75) is 12.8 Å². The van der Waals surface area contributed by atoms with Gasteiger partial charge in [0.2, 0.25) is 0 Å². The Balaban J connectivity index is 1.57. The Morgan fingerprint density at radius 1 is 1.17 bits per heavy atom. The van der Waals surface area contributed by atoms with E-state index in [9.17, 15) is 0 Å². The van der Waals surface area contributed by atoms with Gasteiger partial charge in [0, 0.05) is 0 Å². The molecule has 0 aromatic heterocycles. The molecule has 1 heterocycles. The number of halogens is 1. The first-order chi connectivity index (χ1) is 8.86. The van der Waals surface area contributed by atoms with Crippen molar-refractivity contribution in [3.8, 4) is 5.75 Å². The predicted molar refractivity (Wildman–Crippen MR) is 72.6 cm³/mol. The van der Waals surface area contributed by atoms with Crippen molar-refractivity contribution in [2.24, 2.45) is 0 Å². The molecule has 100 valence electrons. The fourth-order valence-electron chi connectivity index (χ4n) is 2.13. The summed E-state index contributed by atoms with van der Waals surface area (Å²) in [7, 11) is 0. The Morgan fingerprint density at radius 2 is 1.94 bits per heavy atom. The van der Waals surface area contributed by atoms with Crippen LogP contribution in [0.3, 0.4) is 0 Å². The number of ether oxygens (including phenoxy) is 2. The fourth-order valence-corrected chi connectivity index (χ4v) is 2.32. The molecule has 1 fully saturated rings. The van der Waals surface area contributed by atoms with Crippen LogP contribution < -0.4 is 9.64 Å². The van der Waals surface area contributed by atoms with Crippen molar-refractivity contribution in [3.63, 3.8) is 0 Å². The highest BCUT2D eigenvalue weighted by Gasteiger charge is 2.12. The Hall–Kier alpha value is -0.770. The van der Waals surface area contributed by atoms with Gasteiger partial charge in [-0.15, -0.1) is 0 Å². The third kappa shape index (κ3) is 4.48. The number of morpholine rings is 1. The van der Waals surface area contributed by atoms with Gasteiger partial charge in [-0.25, -0.2) is 0 Å². The largest absolute Gasteiger partial charge is 0.492 e. The summed E-state index contributed by atoms with van der Waals surface area (Å²) in [6, 6.07) is 7.63. The number of benzene rings is 1. The number of nitrogens with one attached hydrogen (secondary N) is 1. The molecule has 4 heteroatoms. The van der Waals surface area contributed by atoms with E-state index >= 15 is 0 Å². The summed E-state index contributed by atoms with van der Waals surface area (Å²) in [6.45, 7) is 6.07. The topological polar surface area (TPSA) is 22.9 Å². The van der Waals surface area contributed by atoms with E-state index in [0.717, 1.165) is 45.1 Å². The molecule has 1 saturated heterocycles. The molecule has 1 aromatic carbocycles. The van der Waals surface area contributed by atoms with Crippen LogP contribution in [0.25, 0.3) is 0 Å². The van der Waals surface area contributed by atoms with Gasteiger partial charge in [0.15, 0.2) is 0 Å². The minimum absolute atomic E-state index is 0.691. The lowest BCUT2D eigenvalue weighted by Gasteiger charge is -2.23. The quantitative estimate of drug-likeness (QED) is 0.790. The Labute approximate surface area is 114 Å². The molecule has 0 radical (unpaired) electrons. The molecule has 0 spiro atoms. The van der Waals surface area contributed by atoms with E-state index in [-0.39, 0.29) is 0 Å². The molecule has 0 atom stereocenters. The first kappa shape index (κ1) is 13.7. The normalized spacial score (nSPS) is 16.7. The number of hydrogen-bond acceptors (Lipinski definition) is 2. The molecule has 2 rings (SSSR count). The van der Waals surface area contributed by atoms with Crippen molar-refractivity contribution in [3.05, 3.63) is 29.3 Å². The lowest BCUT2D eigenvalue weighted by atomic mass is 10.3. The highest BCUT2D eigenvalue weighted by molar-refractivity contribution is 6.32.